The Bertz CT molecular complexity index is 1440. The molecular weight excluding hydrogens is 426 g/mol. The summed E-state index contributed by atoms with van der Waals surface area (Å²) in [7, 11) is -3.40. The molecule has 1 fully saturated rings. The molecule has 0 spiro atoms. The van der Waals surface area contributed by atoms with Gasteiger partial charge in [-0.2, -0.15) is 0 Å². The lowest BCUT2D eigenvalue weighted by Crippen LogP contribution is -2.12. The molecule has 0 unspecified atom stereocenters. The molecule has 1 aliphatic carbocycles. The van der Waals surface area contributed by atoms with E-state index in [1.54, 1.807) is 24.4 Å². The smallest absolute Gasteiger partial charge is 0.255 e. The van der Waals surface area contributed by atoms with Gasteiger partial charge in [0.15, 0.2) is 21.3 Å². The number of hydrogen-bond acceptors (Lipinski definition) is 6. The maximum atomic E-state index is 12.7. The van der Waals surface area contributed by atoms with Crippen LogP contribution in [0, 0.1) is 0 Å². The third-order valence-electron chi connectivity index (χ3n) is 5.23. The van der Waals surface area contributed by atoms with Crippen LogP contribution in [0.1, 0.15) is 23.2 Å². The summed E-state index contributed by atoms with van der Waals surface area (Å²) in [5.41, 5.74) is 3.21. The molecule has 162 valence electrons. The maximum Gasteiger partial charge on any atom is 0.255 e. The van der Waals surface area contributed by atoms with Gasteiger partial charge in [-0.1, -0.05) is 18.2 Å². The van der Waals surface area contributed by atoms with Crippen molar-refractivity contribution in [3.8, 4) is 11.3 Å². The summed E-state index contributed by atoms with van der Waals surface area (Å²) in [6, 6.07) is 13.8. The van der Waals surface area contributed by atoms with Crippen LogP contribution in [0.3, 0.4) is 0 Å². The molecule has 1 saturated carbocycles. The van der Waals surface area contributed by atoms with Crippen molar-refractivity contribution in [2.45, 2.75) is 23.8 Å². The predicted octanol–water partition coefficient (Wildman–Crippen LogP) is 3.63. The summed E-state index contributed by atoms with van der Waals surface area (Å²) >= 11 is 0. The van der Waals surface area contributed by atoms with Gasteiger partial charge in [-0.25, -0.2) is 18.4 Å². The Morgan fingerprint density at radius 3 is 2.72 bits per heavy atom. The van der Waals surface area contributed by atoms with Gasteiger partial charge in [-0.15, -0.1) is 0 Å². The molecule has 0 radical (unpaired) electrons. The molecule has 32 heavy (non-hydrogen) atoms. The second-order valence-corrected chi connectivity index (χ2v) is 9.90. The number of fused-ring (bicyclic) bond motifs is 1. The molecule has 4 aromatic rings. The fraction of sp³-hybridized carbons (Fsp3) is 0.174. The van der Waals surface area contributed by atoms with Gasteiger partial charge in [0.1, 0.15) is 0 Å². The Balaban J connectivity index is 1.43. The Hall–Kier alpha value is -3.72. The van der Waals surface area contributed by atoms with Crippen molar-refractivity contribution in [2.75, 3.05) is 16.9 Å². The van der Waals surface area contributed by atoms with Crippen molar-refractivity contribution < 1.29 is 13.2 Å². The van der Waals surface area contributed by atoms with E-state index in [9.17, 15) is 13.2 Å². The number of sulfone groups is 1. The fourth-order valence-corrected chi connectivity index (χ4v) is 4.08. The Morgan fingerprint density at radius 1 is 1.12 bits per heavy atom. The minimum Gasteiger partial charge on any atom is -0.364 e. The van der Waals surface area contributed by atoms with E-state index in [4.69, 9.17) is 4.98 Å². The summed E-state index contributed by atoms with van der Waals surface area (Å²) in [5.74, 6) is 0.351. The number of nitrogens with zero attached hydrogens (tertiary/aromatic N) is 3. The first-order valence-electron chi connectivity index (χ1n) is 10.2. The average Bonchev–Trinajstić information content (AvgIpc) is 3.46. The van der Waals surface area contributed by atoms with Gasteiger partial charge in [-0.3, -0.25) is 4.79 Å². The van der Waals surface area contributed by atoms with Crippen molar-refractivity contribution in [1.29, 1.82) is 0 Å². The highest BCUT2D eigenvalue weighted by atomic mass is 32.2. The highest BCUT2D eigenvalue weighted by Crippen LogP contribution is 2.29. The number of nitrogens with one attached hydrogen (secondary N) is 2. The van der Waals surface area contributed by atoms with E-state index >= 15 is 0 Å². The molecular formula is C23H21N5O3S. The lowest BCUT2D eigenvalue weighted by Gasteiger charge is -2.11. The van der Waals surface area contributed by atoms with Crippen LogP contribution in [0.4, 0.5) is 11.5 Å². The number of carbonyl (C=O) groups excluding carboxylic acids is 1. The van der Waals surface area contributed by atoms with Crippen LogP contribution in [-0.2, 0) is 9.84 Å². The highest BCUT2D eigenvalue weighted by molar-refractivity contribution is 7.90. The number of imidazole rings is 1. The zero-order valence-corrected chi connectivity index (χ0v) is 18.1. The third kappa shape index (κ3) is 4.19. The molecule has 2 heterocycles. The number of anilines is 2. The number of amides is 1. The van der Waals surface area contributed by atoms with E-state index in [0.29, 0.717) is 11.7 Å². The van der Waals surface area contributed by atoms with Crippen molar-refractivity contribution in [3.05, 3.63) is 72.7 Å². The molecule has 1 aliphatic rings. The van der Waals surface area contributed by atoms with Crippen LogP contribution >= 0.6 is 0 Å². The minimum absolute atomic E-state index is 0.104. The molecule has 2 aromatic carbocycles. The van der Waals surface area contributed by atoms with Crippen LogP contribution in [0.25, 0.3) is 16.9 Å². The zero-order valence-electron chi connectivity index (χ0n) is 17.3. The van der Waals surface area contributed by atoms with Gasteiger partial charge in [0.2, 0.25) is 0 Å². The SMILES string of the molecule is CS(=O)(=O)c1cccc(C(=O)Nc2cccc(-c3cn4ccnc4c(NC4CC4)n3)c2)c1. The molecule has 2 N–H and O–H groups in total. The molecule has 0 saturated heterocycles. The van der Waals surface area contributed by atoms with E-state index in [2.05, 4.69) is 15.6 Å². The quantitative estimate of drug-likeness (QED) is 0.468. The monoisotopic (exact) mass is 447 g/mol. The summed E-state index contributed by atoms with van der Waals surface area (Å²) in [5, 5.41) is 6.27. The summed E-state index contributed by atoms with van der Waals surface area (Å²) in [6.07, 6.45) is 8.88. The molecule has 5 rings (SSSR count). The Kier molecular flexibility index (Phi) is 4.90. The van der Waals surface area contributed by atoms with E-state index in [1.165, 1.54) is 12.1 Å². The van der Waals surface area contributed by atoms with Crippen LogP contribution in [0.15, 0.2) is 72.0 Å². The van der Waals surface area contributed by atoms with E-state index < -0.39 is 9.84 Å². The van der Waals surface area contributed by atoms with Gasteiger partial charge < -0.3 is 15.0 Å². The predicted molar refractivity (Wildman–Crippen MR) is 123 cm³/mol. The molecule has 8 nitrogen and oxygen atoms in total. The first-order chi connectivity index (χ1) is 15.4. The van der Waals surface area contributed by atoms with Gasteiger partial charge in [0.05, 0.1) is 10.6 Å². The molecule has 0 atom stereocenters. The van der Waals surface area contributed by atoms with Crippen LogP contribution in [-0.4, -0.2) is 41.0 Å². The fourth-order valence-electron chi connectivity index (χ4n) is 3.42. The van der Waals surface area contributed by atoms with E-state index in [0.717, 1.165) is 41.8 Å². The standard InChI is InChI=1S/C23H21N5O3S/c1-32(30,31)19-7-3-5-16(13-19)23(29)26-18-6-2-4-15(12-18)20-14-28-11-10-24-22(28)21(27-20)25-17-8-9-17/h2-7,10-14,17H,8-9H2,1H3,(H,25,27)(H,26,29). The van der Waals surface area contributed by atoms with Crippen molar-refractivity contribution in [2.24, 2.45) is 0 Å². The van der Waals surface area contributed by atoms with Gasteiger partial charge >= 0.3 is 0 Å². The Morgan fingerprint density at radius 2 is 1.94 bits per heavy atom. The maximum absolute atomic E-state index is 12.7. The second kappa shape index (κ2) is 7.76. The normalized spacial score (nSPS) is 13.8. The van der Waals surface area contributed by atoms with Gasteiger partial charge in [0.25, 0.3) is 5.91 Å². The van der Waals surface area contributed by atoms with Gasteiger partial charge in [0, 0.05) is 47.7 Å². The van der Waals surface area contributed by atoms with Crippen molar-refractivity contribution in [3.63, 3.8) is 0 Å². The van der Waals surface area contributed by atoms with Crippen LogP contribution < -0.4 is 10.6 Å². The topological polar surface area (TPSA) is 105 Å². The largest absolute Gasteiger partial charge is 0.364 e. The first kappa shape index (κ1) is 20.2. The van der Waals surface area contributed by atoms with Crippen molar-refractivity contribution >= 4 is 32.9 Å². The zero-order chi connectivity index (χ0) is 22.3. The summed E-state index contributed by atoms with van der Waals surface area (Å²) in [6.45, 7) is 0. The minimum atomic E-state index is -3.40. The lowest BCUT2D eigenvalue weighted by molar-refractivity contribution is 0.102. The summed E-state index contributed by atoms with van der Waals surface area (Å²) in [4.78, 5) is 22.0. The first-order valence-corrected chi connectivity index (χ1v) is 12.1. The lowest BCUT2D eigenvalue weighted by atomic mass is 10.1. The van der Waals surface area contributed by atoms with Crippen LogP contribution in [0.2, 0.25) is 0 Å². The molecule has 2 aromatic heterocycles. The second-order valence-electron chi connectivity index (χ2n) is 7.89. The molecule has 0 bridgehead atoms. The average molecular weight is 448 g/mol. The molecule has 9 heteroatoms. The number of benzene rings is 2. The number of rotatable bonds is 6. The summed E-state index contributed by atoms with van der Waals surface area (Å²) < 4.78 is 25.5. The van der Waals surface area contributed by atoms with E-state index in [1.807, 2.05) is 35.0 Å². The number of hydrogen-bond donors (Lipinski definition) is 2. The molecule has 1 amide bonds. The van der Waals surface area contributed by atoms with Gasteiger partial charge in [-0.05, 0) is 43.2 Å². The number of aromatic nitrogens is 3. The Labute approximate surface area is 185 Å². The van der Waals surface area contributed by atoms with Crippen LogP contribution in [0.5, 0.6) is 0 Å². The van der Waals surface area contributed by atoms with E-state index in [-0.39, 0.29) is 16.4 Å². The highest BCUT2D eigenvalue weighted by Gasteiger charge is 2.23. The number of carbonyl (C=O) groups is 1. The third-order valence-corrected chi connectivity index (χ3v) is 6.34. The van der Waals surface area contributed by atoms with Crippen molar-refractivity contribution in [1.82, 2.24) is 14.4 Å². The molecule has 0 aliphatic heterocycles.